The number of hydrogen-bond acceptors (Lipinski definition) is 8. The van der Waals surface area contributed by atoms with Gasteiger partial charge in [-0.2, -0.15) is 4.37 Å². The molecular weight excluding hydrogens is 370 g/mol. The van der Waals surface area contributed by atoms with Crippen molar-refractivity contribution in [1.29, 1.82) is 0 Å². The van der Waals surface area contributed by atoms with Crippen molar-refractivity contribution in [3.8, 4) is 5.88 Å². The van der Waals surface area contributed by atoms with Crippen LogP contribution in [0.4, 0.5) is 16.5 Å². The molecule has 0 radical (unpaired) electrons. The fraction of sp³-hybridized carbons (Fsp3) is 0.118. The molecule has 27 heavy (non-hydrogen) atoms. The Labute approximate surface area is 158 Å². The van der Waals surface area contributed by atoms with Crippen LogP contribution in [0.2, 0.25) is 0 Å². The number of aromatic nitrogens is 3. The van der Waals surface area contributed by atoms with Gasteiger partial charge in [0, 0.05) is 12.3 Å². The Morgan fingerprint density at radius 2 is 1.96 bits per heavy atom. The van der Waals surface area contributed by atoms with Gasteiger partial charge in [-0.05, 0) is 36.7 Å². The zero-order valence-electron chi connectivity index (χ0n) is 14.4. The zero-order valence-corrected chi connectivity index (χ0v) is 15.2. The highest BCUT2D eigenvalue weighted by Crippen LogP contribution is 2.28. The predicted molar refractivity (Wildman–Crippen MR) is 100 cm³/mol. The summed E-state index contributed by atoms with van der Waals surface area (Å²) < 4.78 is 9.20. The first-order valence-corrected chi connectivity index (χ1v) is 8.49. The monoisotopic (exact) mass is 385 g/mol. The van der Waals surface area contributed by atoms with E-state index in [1.54, 1.807) is 19.1 Å². The lowest BCUT2D eigenvalue weighted by atomic mass is 10.2. The van der Waals surface area contributed by atoms with Crippen LogP contribution in [0.1, 0.15) is 26.4 Å². The van der Waals surface area contributed by atoms with E-state index >= 15 is 0 Å². The largest absolute Gasteiger partial charge is 0.481 e. The van der Waals surface area contributed by atoms with E-state index in [1.165, 1.54) is 31.6 Å². The Bertz CT molecular complexity index is 970. The Balaban J connectivity index is 1.78. The van der Waals surface area contributed by atoms with Crippen molar-refractivity contribution in [3.63, 3.8) is 0 Å². The minimum absolute atomic E-state index is 0.0750. The molecule has 9 nitrogen and oxygen atoms in total. The van der Waals surface area contributed by atoms with Crippen molar-refractivity contribution in [2.45, 2.75) is 6.92 Å². The summed E-state index contributed by atoms with van der Waals surface area (Å²) in [5.41, 5.74) is 1.52. The molecule has 3 aromatic heterocycles. The maximum Gasteiger partial charge on any atom is 0.337 e. The highest BCUT2D eigenvalue weighted by molar-refractivity contribution is 7.10. The van der Waals surface area contributed by atoms with E-state index in [1.807, 2.05) is 0 Å². The van der Waals surface area contributed by atoms with Crippen LogP contribution < -0.4 is 15.4 Å². The lowest BCUT2D eigenvalue weighted by molar-refractivity contribution is 0.0696. The number of nitrogens with zero attached hydrogens (tertiary/aromatic N) is 3. The van der Waals surface area contributed by atoms with Crippen molar-refractivity contribution in [3.05, 3.63) is 53.5 Å². The van der Waals surface area contributed by atoms with Crippen molar-refractivity contribution in [2.75, 3.05) is 17.7 Å². The van der Waals surface area contributed by atoms with E-state index in [4.69, 9.17) is 9.84 Å². The summed E-state index contributed by atoms with van der Waals surface area (Å²) in [5.74, 6) is -0.558. The predicted octanol–water partition coefficient (Wildman–Crippen LogP) is 2.94. The number of carbonyl (C=O) groups is 2. The summed E-state index contributed by atoms with van der Waals surface area (Å²) in [6, 6.07) is 6.27. The molecule has 0 bridgehead atoms. The SMILES string of the molecule is COc1ccc(NC(=O)c2c(C)nsc2Nc2ccc(C(=O)O)cn2)cn1. The molecule has 0 atom stereocenters. The molecule has 0 spiro atoms. The van der Waals surface area contributed by atoms with E-state index < -0.39 is 5.97 Å². The molecule has 3 aromatic rings. The molecule has 0 aliphatic carbocycles. The van der Waals surface area contributed by atoms with Gasteiger partial charge in [0.25, 0.3) is 5.91 Å². The minimum atomic E-state index is -1.06. The number of nitrogens with one attached hydrogen (secondary N) is 2. The molecule has 3 N–H and O–H groups in total. The van der Waals surface area contributed by atoms with Crippen LogP contribution >= 0.6 is 11.5 Å². The van der Waals surface area contributed by atoms with Crippen LogP contribution in [0.3, 0.4) is 0 Å². The fourth-order valence-corrected chi connectivity index (χ4v) is 3.00. The first-order chi connectivity index (χ1) is 13.0. The molecule has 0 aromatic carbocycles. The van der Waals surface area contributed by atoms with Crippen molar-refractivity contribution < 1.29 is 19.4 Å². The zero-order chi connectivity index (χ0) is 19.4. The van der Waals surface area contributed by atoms with Crippen LogP contribution in [0.15, 0.2) is 36.7 Å². The fourth-order valence-electron chi connectivity index (χ4n) is 2.20. The second kappa shape index (κ2) is 7.79. The van der Waals surface area contributed by atoms with Gasteiger partial charge >= 0.3 is 5.97 Å². The number of anilines is 3. The number of ether oxygens (including phenoxy) is 1. The summed E-state index contributed by atoms with van der Waals surface area (Å²) >= 11 is 1.11. The summed E-state index contributed by atoms with van der Waals surface area (Å²) in [6.45, 7) is 1.73. The molecule has 0 fully saturated rings. The second-order valence-corrected chi connectivity index (χ2v) is 6.15. The van der Waals surface area contributed by atoms with E-state index in [0.29, 0.717) is 33.6 Å². The topological polar surface area (TPSA) is 126 Å². The van der Waals surface area contributed by atoms with Gasteiger partial charge < -0.3 is 20.5 Å². The molecule has 0 saturated heterocycles. The van der Waals surface area contributed by atoms with E-state index in [-0.39, 0.29) is 11.5 Å². The third kappa shape index (κ3) is 4.18. The van der Waals surface area contributed by atoms with Crippen molar-refractivity contribution in [1.82, 2.24) is 14.3 Å². The maximum absolute atomic E-state index is 12.7. The van der Waals surface area contributed by atoms with E-state index in [9.17, 15) is 9.59 Å². The van der Waals surface area contributed by atoms with Crippen LogP contribution in [0, 0.1) is 6.92 Å². The highest BCUT2D eigenvalue weighted by atomic mass is 32.1. The number of methoxy groups -OCH3 is 1. The third-order valence-electron chi connectivity index (χ3n) is 3.55. The van der Waals surface area contributed by atoms with Gasteiger partial charge in [0.2, 0.25) is 5.88 Å². The Hall–Kier alpha value is -3.53. The highest BCUT2D eigenvalue weighted by Gasteiger charge is 2.19. The maximum atomic E-state index is 12.7. The number of rotatable bonds is 6. The van der Waals surface area contributed by atoms with Gasteiger partial charge in [0.1, 0.15) is 10.8 Å². The summed E-state index contributed by atoms with van der Waals surface area (Å²) in [4.78, 5) is 31.6. The lowest BCUT2D eigenvalue weighted by Gasteiger charge is -2.08. The van der Waals surface area contributed by atoms with Gasteiger partial charge in [-0.3, -0.25) is 4.79 Å². The number of carboxylic acid groups (broad SMARTS) is 1. The molecular formula is C17H15N5O4S. The molecule has 0 saturated carbocycles. The Morgan fingerprint density at radius 3 is 2.56 bits per heavy atom. The van der Waals surface area contributed by atoms with Gasteiger partial charge in [0.05, 0.1) is 35.8 Å². The van der Waals surface area contributed by atoms with Crippen molar-refractivity contribution >= 4 is 39.9 Å². The molecule has 0 unspecified atom stereocenters. The minimum Gasteiger partial charge on any atom is -0.481 e. The first kappa shape index (κ1) is 18.3. The number of pyridine rings is 2. The third-order valence-corrected chi connectivity index (χ3v) is 4.40. The average Bonchev–Trinajstić information content (AvgIpc) is 3.03. The molecule has 3 rings (SSSR count). The van der Waals surface area contributed by atoms with Gasteiger partial charge in [0.15, 0.2) is 0 Å². The molecule has 0 aliphatic rings. The van der Waals surface area contributed by atoms with Crippen LogP contribution in [-0.2, 0) is 0 Å². The number of aromatic carboxylic acids is 1. The summed E-state index contributed by atoms with van der Waals surface area (Å²) in [7, 11) is 1.51. The molecule has 138 valence electrons. The number of carboxylic acids is 1. The normalized spacial score (nSPS) is 10.3. The standard InChI is InChI=1S/C17H15N5O4S/c1-9-14(15(23)20-11-4-6-13(26-2)19-8-11)16(27-22-9)21-12-5-3-10(7-18-12)17(24)25/h3-8H,1-2H3,(H,18,21)(H,20,23)(H,24,25). The Kier molecular flexibility index (Phi) is 5.27. The van der Waals surface area contributed by atoms with Crippen LogP contribution in [0.5, 0.6) is 5.88 Å². The molecule has 1 amide bonds. The van der Waals surface area contributed by atoms with Gasteiger partial charge in [-0.15, -0.1) is 0 Å². The van der Waals surface area contributed by atoms with Gasteiger partial charge in [-0.25, -0.2) is 14.8 Å². The van der Waals surface area contributed by atoms with E-state index in [0.717, 1.165) is 11.5 Å². The van der Waals surface area contributed by atoms with Crippen LogP contribution in [-0.4, -0.2) is 38.4 Å². The van der Waals surface area contributed by atoms with E-state index in [2.05, 4.69) is 25.0 Å². The number of aryl methyl sites for hydroxylation is 1. The lowest BCUT2D eigenvalue weighted by Crippen LogP contribution is -2.14. The molecule has 3 heterocycles. The number of amides is 1. The molecule has 10 heteroatoms. The van der Waals surface area contributed by atoms with Crippen LogP contribution in [0.25, 0.3) is 0 Å². The number of hydrogen-bond donors (Lipinski definition) is 3. The quantitative estimate of drug-likeness (QED) is 0.591. The van der Waals surface area contributed by atoms with Gasteiger partial charge in [-0.1, -0.05) is 0 Å². The smallest absolute Gasteiger partial charge is 0.337 e. The molecule has 0 aliphatic heterocycles. The van der Waals surface area contributed by atoms with Crippen molar-refractivity contribution in [2.24, 2.45) is 0 Å². The summed E-state index contributed by atoms with van der Waals surface area (Å²) in [5, 5.41) is 15.2. The second-order valence-electron chi connectivity index (χ2n) is 5.38. The number of carbonyl (C=O) groups excluding carboxylic acids is 1. The first-order valence-electron chi connectivity index (χ1n) is 7.72. The summed E-state index contributed by atoms with van der Waals surface area (Å²) in [6.07, 6.45) is 2.73. The average molecular weight is 385 g/mol. The Morgan fingerprint density at radius 1 is 1.15 bits per heavy atom.